The molecule has 0 fully saturated rings. The molecule has 0 bridgehead atoms. The maximum Gasteiger partial charge on any atom is 0.256 e. The molecule has 0 aliphatic carbocycles. The Kier molecular flexibility index (Phi) is 5.84. The fourth-order valence-corrected chi connectivity index (χ4v) is 3.73. The summed E-state index contributed by atoms with van der Waals surface area (Å²) < 4.78 is 0. The first-order chi connectivity index (χ1) is 14.5. The number of para-hydroxylation sites is 1. The number of thiocarbonyl (C=S) groups is 1. The van der Waals surface area contributed by atoms with E-state index in [0.29, 0.717) is 21.4 Å². The monoisotopic (exact) mass is 433 g/mol. The number of anilines is 1. The standard InChI is InChI=1S/C24H20ClN3OS/c1-15-7-9-16(10-8-15)21-20(23(29)26-19-5-3-2-4-6-19)22(28-24(30)27-21)17-11-13-18(25)14-12-17/h2-14,22H,1H3,(H,26,29)(H2,27,28,30). The number of hydrogen-bond acceptors (Lipinski definition) is 2. The maximum absolute atomic E-state index is 13.5. The lowest BCUT2D eigenvalue weighted by Gasteiger charge is -2.32. The molecule has 3 N–H and O–H groups in total. The van der Waals surface area contributed by atoms with E-state index in [4.69, 9.17) is 23.8 Å². The molecule has 0 aromatic heterocycles. The summed E-state index contributed by atoms with van der Waals surface area (Å²) in [6.45, 7) is 2.03. The quantitative estimate of drug-likeness (QED) is 0.494. The van der Waals surface area contributed by atoms with Gasteiger partial charge in [-0.2, -0.15) is 0 Å². The number of rotatable bonds is 4. The molecule has 1 amide bonds. The normalized spacial score (nSPS) is 15.9. The SMILES string of the molecule is Cc1ccc(C2=C(C(=O)Nc3ccccc3)C(c3ccc(Cl)cc3)NC(=S)N2)cc1. The number of carbonyl (C=O) groups is 1. The van der Waals surface area contributed by atoms with Crippen molar-refractivity contribution in [1.82, 2.24) is 10.6 Å². The first-order valence-electron chi connectivity index (χ1n) is 9.52. The number of hydrogen-bond donors (Lipinski definition) is 3. The van der Waals surface area contributed by atoms with Crippen molar-refractivity contribution in [2.45, 2.75) is 13.0 Å². The highest BCUT2D eigenvalue weighted by Gasteiger charge is 2.32. The predicted molar refractivity (Wildman–Crippen MR) is 126 cm³/mol. The molecule has 150 valence electrons. The van der Waals surface area contributed by atoms with Crippen LogP contribution in [0.4, 0.5) is 5.69 Å². The van der Waals surface area contributed by atoms with Gasteiger partial charge in [-0.05, 0) is 54.5 Å². The van der Waals surface area contributed by atoms with E-state index in [1.807, 2.05) is 85.8 Å². The molecule has 0 saturated heterocycles. The first-order valence-corrected chi connectivity index (χ1v) is 10.3. The van der Waals surface area contributed by atoms with Crippen molar-refractivity contribution in [2.75, 3.05) is 5.32 Å². The molecule has 30 heavy (non-hydrogen) atoms. The number of carbonyl (C=O) groups excluding carboxylic acids is 1. The lowest BCUT2D eigenvalue weighted by molar-refractivity contribution is -0.113. The summed E-state index contributed by atoms with van der Waals surface area (Å²) in [5.74, 6) is -0.209. The van der Waals surface area contributed by atoms with E-state index in [1.54, 1.807) is 0 Å². The molecule has 0 radical (unpaired) electrons. The van der Waals surface area contributed by atoms with Crippen LogP contribution >= 0.6 is 23.8 Å². The minimum absolute atomic E-state index is 0.209. The molecule has 0 saturated carbocycles. The topological polar surface area (TPSA) is 53.2 Å². The molecule has 3 aromatic rings. The zero-order valence-corrected chi connectivity index (χ0v) is 17.8. The fraction of sp³-hybridized carbons (Fsp3) is 0.0833. The van der Waals surface area contributed by atoms with Crippen LogP contribution in [0, 0.1) is 6.92 Å². The average Bonchev–Trinajstić information content (AvgIpc) is 2.75. The van der Waals surface area contributed by atoms with Crippen molar-refractivity contribution < 1.29 is 4.79 Å². The number of halogens is 1. The molecule has 0 spiro atoms. The summed E-state index contributed by atoms with van der Waals surface area (Å²) in [6.07, 6.45) is 0. The molecule has 6 heteroatoms. The molecule has 3 aromatic carbocycles. The van der Waals surface area contributed by atoms with E-state index < -0.39 is 6.04 Å². The maximum atomic E-state index is 13.5. The van der Waals surface area contributed by atoms with E-state index in [-0.39, 0.29) is 5.91 Å². The zero-order chi connectivity index (χ0) is 21.1. The van der Waals surface area contributed by atoms with E-state index in [2.05, 4.69) is 16.0 Å². The molecule has 1 unspecified atom stereocenters. The van der Waals surface area contributed by atoms with Crippen LogP contribution in [-0.2, 0) is 4.79 Å². The van der Waals surface area contributed by atoms with Gasteiger partial charge in [-0.25, -0.2) is 0 Å². The summed E-state index contributed by atoms with van der Waals surface area (Å²) in [6, 6.07) is 24.4. The average molecular weight is 434 g/mol. The summed E-state index contributed by atoms with van der Waals surface area (Å²) in [5, 5.41) is 10.5. The van der Waals surface area contributed by atoms with E-state index in [1.165, 1.54) is 0 Å². The van der Waals surface area contributed by atoms with Gasteiger partial charge in [-0.3, -0.25) is 4.79 Å². The van der Waals surface area contributed by atoms with Crippen molar-refractivity contribution in [3.05, 3.63) is 106 Å². The molecule has 4 nitrogen and oxygen atoms in total. The van der Waals surface area contributed by atoms with Gasteiger partial charge in [-0.1, -0.05) is 71.8 Å². The van der Waals surface area contributed by atoms with Gasteiger partial charge in [-0.15, -0.1) is 0 Å². The summed E-state index contributed by atoms with van der Waals surface area (Å²) in [7, 11) is 0. The molecule has 1 aliphatic heterocycles. The third-order valence-electron chi connectivity index (χ3n) is 4.89. The Morgan fingerprint density at radius 3 is 2.30 bits per heavy atom. The van der Waals surface area contributed by atoms with Gasteiger partial charge < -0.3 is 16.0 Å². The molecular weight excluding hydrogens is 414 g/mol. The van der Waals surface area contributed by atoms with Crippen molar-refractivity contribution >= 4 is 46.2 Å². The Labute approximate surface area is 186 Å². The Balaban J connectivity index is 1.84. The lowest BCUT2D eigenvalue weighted by Crippen LogP contribution is -2.45. The van der Waals surface area contributed by atoms with Crippen molar-refractivity contribution in [1.29, 1.82) is 0 Å². The smallest absolute Gasteiger partial charge is 0.256 e. The Morgan fingerprint density at radius 2 is 1.63 bits per heavy atom. The first kappa shape index (κ1) is 20.1. The Bertz CT molecular complexity index is 1110. The fourth-order valence-electron chi connectivity index (χ4n) is 3.38. The van der Waals surface area contributed by atoms with Gasteiger partial charge in [0.1, 0.15) is 0 Å². The van der Waals surface area contributed by atoms with Crippen LogP contribution in [0.15, 0.2) is 84.4 Å². The van der Waals surface area contributed by atoms with Crippen LogP contribution in [0.3, 0.4) is 0 Å². The molecule has 1 aliphatic rings. The number of aryl methyl sites for hydroxylation is 1. The highest BCUT2D eigenvalue weighted by atomic mass is 35.5. The van der Waals surface area contributed by atoms with Crippen LogP contribution in [-0.4, -0.2) is 11.0 Å². The summed E-state index contributed by atoms with van der Waals surface area (Å²) in [5.41, 5.74) is 4.89. The molecular formula is C24H20ClN3OS. The van der Waals surface area contributed by atoms with Crippen LogP contribution in [0.5, 0.6) is 0 Å². The lowest BCUT2D eigenvalue weighted by atomic mass is 9.92. The van der Waals surface area contributed by atoms with Crippen LogP contribution < -0.4 is 16.0 Å². The highest BCUT2D eigenvalue weighted by molar-refractivity contribution is 7.80. The third-order valence-corrected chi connectivity index (χ3v) is 5.36. The Hall–Kier alpha value is -3.15. The van der Waals surface area contributed by atoms with Crippen molar-refractivity contribution in [2.24, 2.45) is 0 Å². The minimum atomic E-state index is -0.420. The van der Waals surface area contributed by atoms with Crippen molar-refractivity contribution in [3.63, 3.8) is 0 Å². The largest absolute Gasteiger partial charge is 0.351 e. The summed E-state index contributed by atoms with van der Waals surface area (Å²) in [4.78, 5) is 13.5. The second kappa shape index (κ2) is 8.69. The van der Waals surface area contributed by atoms with Gasteiger partial charge >= 0.3 is 0 Å². The number of nitrogens with one attached hydrogen (secondary N) is 3. The minimum Gasteiger partial charge on any atom is -0.351 e. The highest BCUT2D eigenvalue weighted by Crippen LogP contribution is 2.32. The van der Waals surface area contributed by atoms with Crippen LogP contribution in [0.25, 0.3) is 5.70 Å². The second-order valence-corrected chi connectivity index (χ2v) is 7.90. The van der Waals surface area contributed by atoms with E-state index >= 15 is 0 Å². The third kappa shape index (κ3) is 4.37. The van der Waals surface area contributed by atoms with Crippen molar-refractivity contribution in [3.8, 4) is 0 Å². The zero-order valence-electron chi connectivity index (χ0n) is 16.3. The molecule has 1 heterocycles. The second-order valence-electron chi connectivity index (χ2n) is 7.06. The van der Waals surface area contributed by atoms with Gasteiger partial charge in [0.25, 0.3) is 5.91 Å². The Morgan fingerprint density at radius 1 is 0.967 bits per heavy atom. The van der Waals surface area contributed by atoms with E-state index in [0.717, 1.165) is 22.4 Å². The van der Waals surface area contributed by atoms with Gasteiger partial charge in [0.2, 0.25) is 0 Å². The molecule has 4 rings (SSSR count). The van der Waals surface area contributed by atoms with Gasteiger partial charge in [0.05, 0.1) is 17.3 Å². The van der Waals surface area contributed by atoms with Gasteiger partial charge in [0.15, 0.2) is 5.11 Å². The number of amides is 1. The summed E-state index contributed by atoms with van der Waals surface area (Å²) >= 11 is 11.5. The van der Waals surface area contributed by atoms with Crippen LogP contribution in [0.1, 0.15) is 22.7 Å². The van der Waals surface area contributed by atoms with Gasteiger partial charge in [0, 0.05) is 10.7 Å². The van der Waals surface area contributed by atoms with E-state index in [9.17, 15) is 4.79 Å². The molecule has 1 atom stereocenters. The van der Waals surface area contributed by atoms with Crippen LogP contribution in [0.2, 0.25) is 5.02 Å². The number of benzene rings is 3. The predicted octanol–water partition coefficient (Wildman–Crippen LogP) is 5.22.